The second-order valence-corrected chi connectivity index (χ2v) is 9.53. The fourth-order valence-corrected chi connectivity index (χ4v) is 5.49. The molecule has 164 valence electrons. The molecular formula is C25H37N3O2. The zero-order valence-corrected chi connectivity index (χ0v) is 18.3. The summed E-state index contributed by atoms with van der Waals surface area (Å²) in [6, 6.07) is 10.6. The molecule has 0 unspecified atom stereocenters. The fraction of sp³-hybridized carbons (Fsp3) is 0.680. The van der Waals surface area contributed by atoms with Crippen LogP contribution in [-0.4, -0.2) is 53.3 Å². The first-order valence-electron chi connectivity index (χ1n) is 12.0. The van der Waals surface area contributed by atoms with Gasteiger partial charge in [0.25, 0.3) is 0 Å². The van der Waals surface area contributed by atoms with Gasteiger partial charge in [-0.15, -0.1) is 0 Å². The standard InChI is InChI=1S/C25H37N3O2/c29-23-19-25(13-5-2-6-14-25)28(20-21-9-3-1-4-10-21)17-8-16-27(18-15-26-23)24(30)22-11-7-12-22/h1,3-4,9-10,22H,2,5-8,11-20H2,(H,26,29). The van der Waals surface area contributed by atoms with Crippen LogP contribution in [0.25, 0.3) is 0 Å². The van der Waals surface area contributed by atoms with Crippen LogP contribution < -0.4 is 5.32 Å². The number of nitrogens with zero attached hydrogens (tertiary/aromatic N) is 2. The Kier molecular flexibility index (Phi) is 7.08. The van der Waals surface area contributed by atoms with Crippen molar-refractivity contribution in [1.29, 1.82) is 0 Å². The maximum atomic E-state index is 12.9. The molecule has 2 saturated carbocycles. The first kappa shape index (κ1) is 21.4. The van der Waals surface area contributed by atoms with E-state index in [0.29, 0.717) is 25.4 Å². The first-order chi connectivity index (χ1) is 14.7. The molecule has 0 atom stereocenters. The van der Waals surface area contributed by atoms with Gasteiger partial charge in [0.05, 0.1) is 0 Å². The van der Waals surface area contributed by atoms with Crippen molar-refractivity contribution >= 4 is 11.8 Å². The molecule has 0 aromatic heterocycles. The highest BCUT2D eigenvalue weighted by molar-refractivity contribution is 5.80. The molecule has 0 bridgehead atoms. The molecule has 5 heteroatoms. The van der Waals surface area contributed by atoms with Gasteiger partial charge in [0.1, 0.15) is 0 Å². The summed E-state index contributed by atoms with van der Waals surface area (Å²) in [5.74, 6) is 0.667. The highest BCUT2D eigenvalue weighted by Gasteiger charge is 2.40. The number of amides is 2. The zero-order chi connectivity index (χ0) is 20.8. The number of benzene rings is 1. The summed E-state index contributed by atoms with van der Waals surface area (Å²) >= 11 is 0. The van der Waals surface area contributed by atoms with Crippen molar-refractivity contribution in [2.45, 2.75) is 76.3 Å². The van der Waals surface area contributed by atoms with Crippen LogP contribution in [-0.2, 0) is 16.1 Å². The van der Waals surface area contributed by atoms with E-state index in [9.17, 15) is 9.59 Å². The van der Waals surface area contributed by atoms with Crippen molar-refractivity contribution < 1.29 is 9.59 Å². The largest absolute Gasteiger partial charge is 0.354 e. The van der Waals surface area contributed by atoms with Gasteiger partial charge in [0.15, 0.2) is 0 Å². The third-order valence-corrected chi connectivity index (χ3v) is 7.49. The average molecular weight is 412 g/mol. The third kappa shape index (κ3) is 5.05. The van der Waals surface area contributed by atoms with E-state index in [4.69, 9.17) is 0 Å². The molecule has 0 radical (unpaired) electrons. The van der Waals surface area contributed by atoms with Crippen molar-refractivity contribution in [1.82, 2.24) is 15.1 Å². The summed E-state index contributed by atoms with van der Waals surface area (Å²) in [7, 11) is 0. The van der Waals surface area contributed by atoms with Crippen molar-refractivity contribution in [3.8, 4) is 0 Å². The quantitative estimate of drug-likeness (QED) is 0.825. The van der Waals surface area contributed by atoms with Crippen LogP contribution in [0.2, 0.25) is 0 Å². The molecule has 4 rings (SSSR count). The van der Waals surface area contributed by atoms with Crippen LogP contribution in [0.5, 0.6) is 0 Å². The summed E-state index contributed by atoms with van der Waals surface area (Å²) in [6.07, 6.45) is 10.7. The van der Waals surface area contributed by atoms with Gasteiger partial charge in [-0.05, 0) is 37.7 Å². The molecule has 1 aromatic carbocycles. The maximum Gasteiger partial charge on any atom is 0.225 e. The summed E-state index contributed by atoms with van der Waals surface area (Å²) in [5.41, 5.74) is 1.26. The lowest BCUT2D eigenvalue weighted by atomic mass is 9.77. The topological polar surface area (TPSA) is 52.7 Å². The molecule has 1 aliphatic heterocycles. The van der Waals surface area contributed by atoms with E-state index in [1.54, 1.807) is 0 Å². The van der Waals surface area contributed by atoms with Crippen LogP contribution in [0.3, 0.4) is 0 Å². The highest BCUT2D eigenvalue weighted by atomic mass is 16.2. The molecule has 1 aromatic rings. The lowest BCUT2D eigenvalue weighted by molar-refractivity contribution is -0.138. The Labute approximate surface area is 181 Å². The van der Waals surface area contributed by atoms with Crippen LogP contribution >= 0.6 is 0 Å². The van der Waals surface area contributed by atoms with Crippen molar-refractivity contribution in [3.63, 3.8) is 0 Å². The van der Waals surface area contributed by atoms with E-state index < -0.39 is 0 Å². The Balaban J connectivity index is 1.53. The smallest absolute Gasteiger partial charge is 0.225 e. The maximum absolute atomic E-state index is 12.9. The number of rotatable bonds is 3. The van der Waals surface area contributed by atoms with E-state index in [0.717, 1.165) is 51.7 Å². The molecule has 5 nitrogen and oxygen atoms in total. The summed E-state index contributed by atoms with van der Waals surface area (Å²) in [6.45, 7) is 3.84. The molecule has 1 spiro atoms. The van der Waals surface area contributed by atoms with E-state index in [-0.39, 0.29) is 17.4 Å². The number of hydrogen-bond acceptors (Lipinski definition) is 3. The van der Waals surface area contributed by atoms with Crippen molar-refractivity contribution in [2.75, 3.05) is 26.2 Å². The van der Waals surface area contributed by atoms with Gasteiger partial charge in [-0.2, -0.15) is 0 Å². The first-order valence-corrected chi connectivity index (χ1v) is 12.0. The minimum absolute atomic E-state index is 0.0503. The van der Waals surface area contributed by atoms with Crippen LogP contribution in [0, 0.1) is 5.92 Å². The van der Waals surface area contributed by atoms with Gasteiger partial charge in [-0.3, -0.25) is 14.5 Å². The molecule has 30 heavy (non-hydrogen) atoms. The highest BCUT2D eigenvalue weighted by Crippen LogP contribution is 2.38. The van der Waals surface area contributed by atoms with Gasteiger partial charge in [-0.25, -0.2) is 0 Å². The Morgan fingerprint density at radius 1 is 0.967 bits per heavy atom. The van der Waals surface area contributed by atoms with E-state index >= 15 is 0 Å². The molecule has 1 heterocycles. The predicted molar refractivity (Wildman–Crippen MR) is 119 cm³/mol. The third-order valence-electron chi connectivity index (χ3n) is 7.49. The monoisotopic (exact) mass is 411 g/mol. The van der Waals surface area contributed by atoms with Gasteiger partial charge in [-0.1, -0.05) is 56.0 Å². The van der Waals surface area contributed by atoms with E-state index in [1.807, 2.05) is 4.90 Å². The van der Waals surface area contributed by atoms with Gasteiger partial charge < -0.3 is 10.2 Å². The van der Waals surface area contributed by atoms with E-state index in [2.05, 4.69) is 40.5 Å². The Bertz CT molecular complexity index is 710. The summed E-state index contributed by atoms with van der Waals surface area (Å²) in [4.78, 5) is 30.4. The Hall–Kier alpha value is -1.88. The summed E-state index contributed by atoms with van der Waals surface area (Å²) in [5, 5.41) is 3.14. The van der Waals surface area contributed by atoms with Crippen LogP contribution in [0.4, 0.5) is 0 Å². The predicted octanol–water partition coefficient (Wildman–Crippen LogP) is 3.73. The van der Waals surface area contributed by atoms with Crippen LogP contribution in [0.15, 0.2) is 30.3 Å². The second kappa shape index (κ2) is 9.95. The number of hydrogen-bond donors (Lipinski definition) is 1. The number of carbonyl (C=O) groups excluding carboxylic acids is 2. The molecular weight excluding hydrogens is 374 g/mol. The van der Waals surface area contributed by atoms with E-state index in [1.165, 1.54) is 31.2 Å². The molecule has 3 aliphatic rings. The van der Waals surface area contributed by atoms with Crippen molar-refractivity contribution in [3.05, 3.63) is 35.9 Å². The second-order valence-electron chi connectivity index (χ2n) is 9.53. The van der Waals surface area contributed by atoms with Crippen molar-refractivity contribution in [2.24, 2.45) is 5.92 Å². The minimum atomic E-state index is -0.0503. The van der Waals surface area contributed by atoms with Crippen LogP contribution in [0.1, 0.15) is 69.8 Å². The SMILES string of the molecule is O=C1CC2(CCCCC2)N(Cc2ccccc2)CCCN(C(=O)C2CCC2)CCN1. The normalized spacial score (nSPS) is 24.0. The molecule has 2 amide bonds. The Morgan fingerprint density at radius 3 is 2.43 bits per heavy atom. The number of carbonyl (C=O) groups is 2. The lowest BCUT2D eigenvalue weighted by Gasteiger charge is -2.46. The molecule has 3 fully saturated rings. The fourth-order valence-electron chi connectivity index (χ4n) is 5.49. The van der Waals surface area contributed by atoms with Gasteiger partial charge >= 0.3 is 0 Å². The summed E-state index contributed by atoms with van der Waals surface area (Å²) < 4.78 is 0. The molecule has 1 N–H and O–H groups in total. The van der Waals surface area contributed by atoms with Gasteiger partial charge in [0, 0.05) is 50.6 Å². The zero-order valence-electron chi connectivity index (χ0n) is 18.3. The minimum Gasteiger partial charge on any atom is -0.354 e. The average Bonchev–Trinajstić information content (AvgIpc) is 2.74. The molecule has 1 saturated heterocycles. The number of nitrogens with one attached hydrogen (secondary N) is 1. The van der Waals surface area contributed by atoms with Gasteiger partial charge in [0.2, 0.25) is 11.8 Å². The molecule has 2 aliphatic carbocycles. The Morgan fingerprint density at radius 2 is 1.73 bits per heavy atom. The lowest BCUT2D eigenvalue weighted by Crippen LogP contribution is -2.52.